The van der Waals surface area contributed by atoms with Crippen molar-refractivity contribution < 1.29 is 14.4 Å². The molecule has 1 N–H and O–H groups in total. The quantitative estimate of drug-likeness (QED) is 0.828. The maximum absolute atomic E-state index is 12.6. The van der Waals surface area contributed by atoms with Crippen molar-refractivity contribution in [2.75, 3.05) is 39.3 Å². The summed E-state index contributed by atoms with van der Waals surface area (Å²) in [4.78, 5) is 43.0. The molecule has 0 unspecified atom stereocenters. The van der Waals surface area contributed by atoms with Gasteiger partial charge in [0, 0.05) is 63.1 Å². The number of hydrogen-bond donors (Lipinski definition) is 1. The number of rotatable bonds is 3. The van der Waals surface area contributed by atoms with Crippen molar-refractivity contribution in [3.63, 3.8) is 0 Å². The van der Waals surface area contributed by atoms with E-state index < -0.39 is 0 Å². The first-order valence-electron chi connectivity index (χ1n) is 9.29. The second-order valence-corrected chi connectivity index (χ2v) is 8.02. The molecule has 1 atom stereocenters. The van der Waals surface area contributed by atoms with Gasteiger partial charge < -0.3 is 20.0 Å². The molecule has 25 heavy (non-hydrogen) atoms. The van der Waals surface area contributed by atoms with Crippen LogP contribution in [0.5, 0.6) is 0 Å². The van der Waals surface area contributed by atoms with Gasteiger partial charge in [-0.05, 0) is 20.8 Å². The summed E-state index contributed by atoms with van der Waals surface area (Å²) in [5.41, 5.74) is -0.373. The fourth-order valence-corrected chi connectivity index (χ4v) is 3.81. The van der Waals surface area contributed by atoms with E-state index in [0.717, 1.165) is 0 Å². The zero-order chi connectivity index (χ0) is 18.8. The summed E-state index contributed by atoms with van der Waals surface area (Å²) < 4.78 is 0. The predicted molar refractivity (Wildman–Crippen MR) is 96.0 cm³/mol. The molecule has 0 aromatic rings. The topological polar surface area (TPSA) is 73.0 Å². The maximum atomic E-state index is 12.6. The molecular weight excluding hydrogens is 320 g/mol. The first kappa shape index (κ1) is 19.5. The van der Waals surface area contributed by atoms with Gasteiger partial charge in [-0.2, -0.15) is 0 Å². The number of likely N-dealkylation sites (tertiary alicyclic amines) is 1. The molecule has 2 heterocycles. The van der Waals surface area contributed by atoms with Crippen LogP contribution in [-0.2, 0) is 9.59 Å². The van der Waals surface area contributed by atoms with Crippen molar-refractivity contribution in [1.29, 1.82) is 0 Å². The lowest BCUT2D eigenvalue weighted by Crippen LogP contribution is -2.49. The van der Waals surface area contributed by atoms with Gasteiger partial charge in [-0.15, -0.1) is 0 Å². The molecule has 2 saturated heterocycles. The van der Waals surface area contributed by atoms with Crippen LogP contribution in [0.3, 0.4) is 0 Å². The van der Waals surface area contributed by atoms with Crippen LogP contribution in [0.2, 0.25) is 0 Å². The lowest BCUT2D eigenvalue weighted by molar-refractivity contribution is -0.135. The molecule has 0 aromatic heterocycles. The Kier molecular flexibility index (Phi) is 5.95. The van der Waals surface area contributed by atoms with Crippen LogP contribution in [0, 0.1) is 11.3 Å². The van der Waals surface area contributed by atoms with E-state index in [4.69, 9.17) is 0 Å². The second-order valence-electron chi connectivity index (χ2n) is 8.02. The van der Waals surface area contributed by atoms with Gasteiger partial charge in [0.05, 0.1) is 0 Å². The Hall–Kier alpha value is -1.79. The van der Waals surface area contributed by atoms with Gasteiger partial charge >= 0.3 is 6.03 Å². The highest BCUT2D eigenvalue weighted by Crippen LogP contribution is 2.35. The summed E-state index contributed by atoms with van der Waals surface area (Å²) in [6.07, 6.45) is 0.397. The smallest absolute Gasteiger partial charge is 0.317 e. The Morgan fingerprint density at radius 1 is 1.08 bits per heavy atom. The standard InChI is InChI=1S/C18H32N4O3/c1-6-20-10-18(9-15(20)23)11-21(16(24)13(2)3)7-8-22(12-18)17(25)19-14(4)5/h13-14H,6-12H2,1-5H3,(H,19,25)/t18-/m0/s1. The van der Waals surface area contributed by atoms with Crippen LogP contribution < -0.4 is 5.32 Å². The first-order valence-corrected chi connectivity index (χ1v) is 9.29. The van der Waals surface area contributed by atoms with E-state index in [1.54, 1.807) is 4.90 Å². The summed E-state index contributed by atoms with van der Waals surface area (Å²) in [6, 6.07) is -0.0620. The minimum atomic E-state index is -0.373. The van der Waals surface area contributed by atoms with Crippen molar-refractivity contribution in [2.45, 2.75) is 47.1 Å². The van der Waals surface area contributed by atoms with Gasteiger partial charge in [0.2, 0.25) is 11.8 Å². The highest BCUT2D eigenvalue weighted by Gasteiger charge is 2.47. The first-order chi connectivity index (χ1) is 11.7. The summed E-state index contributed by atoms with van der Waals surface area (Å²) in [6.45, 7) is 12.9. The molecule has 2 fully saturated rings. The lowest BCUT2D eigenvalue weighted by atomic mass is 9.85. The molecule has 0 aliphatic carbocycles. The van der Waals surface area contributed by atoms with Gasteiger partial charge in [0.25, 0.3) is 0 Å². The normalized spacial score (nSPS) is 24.4. The van der Waals surface area contributed by atoms with Gasteiger partial charge in [-0.3, -0.25) is 9.59 Å². The molecule has 1 spiro atoms. The molecule has 4 amide bonds. The molecule has 2 aliphatic rings. The SMILES string of the molecule is CCN1C[C@]2(CC1=O)CN(C(=O)NC(C)C)CCN(C(=O)C(C)C)C2. The number of amides is 4. The third-order valence-corrected chi connectivity index (χ3v) is 4.98. The van der Waals surface area contributed by atoms with Crippen LogP contribution >= 0.6 is 0 Å². The molecule has 0 saturated carbocycles. The molecule has 2 aliphatic heterocycles. The fraction of sp³-hybridized carbons (Fsp3) is 0.833. The van der Waals surface area contributed by atoms with Crippen LogP contribution in [0.25, 0.3) is 0 Å². The third kappa shape index (κ3) is 4.44. The Morgan fingerprint density at radius 3 is 2.20 bits per heavy atom. The van der Waals surface area contributed by atoms with E-state index in [-0.39, 0.29) is 35.2 Å². The average molecular weight is 352 g/mol. The maximum Gasteiger partial charge on any atom is 0.317 e. The van der Waals surface area contributed by atoms with Crippen LogP contribution in [0.4, 0.5) is 4.79 Å². The molecule has 142 valence electrons. The minimum Gasteiger partial charge on any atom is -0.342 e. The summed E-state index contributed by atoms with van der Waals surface area (Å²) in [5, 5.41) is 2.93. The molecule has 0 radical (unpaired) electrons. The lowest BCUT2D eigenvalue weighted by Gasteiger charge is -2.34. The number of nitrogens with one attached hydrogen (secondary N) is 1. The van der Waals surface area contributed by atoms with E-state index >= 15 is 0 Å². The Morgan fingerprint density at radius 2 is 1.68 bits per heavy atom. The largest absolute Gasteiger partial charge is 0.342 e. The fourth-order valence-electron chi connectivity index (χ4n) is 3.81. The van der Waals surface area contributed by atoms with E-state index in [2.05, 4.69) is 5.32 Å². The summed E-state index contributed by atoms with van der Waals surface area (Å²) >= 11 is 0. The van der Waals surface area contributed by atoms with E-state index in [1.807, 2.05) is 44.4 Å². The summed E-state index contributed by atoms with van der Waals surface area (Å²) in [5.74, 6) is 0.117. The van der Waals surface area contributed by atoms with Gasteiger partial charge in [0.15, 0.2) is 0 Å². The monoisotopic (exact) mass is 352 g/mol. The average Bonchev–Trinajstić information content (AvgIpc) is 2.71. The molecular formula is C18H32N4O3. The number of carbonyl (C=O) groups excluding carboxylic acids is 3. The number of hydrogen-bond acceptors (Lipinski definition) is 3. The highest BCUT2D eigenvalue weighted by atomic mass is 16.2. The Bertz CT molecular complexity index is 534. The molecule has 0 aromatic carbocycles. The van der Waals surface area contributed by atoms with Crippen LogP contribution in [-0.4, -0.2) is 77.9 Å². The Balaban J connectivity index is 2.25. The third-order valence-electron chi connectivity index (χ3n) is 4.98. The number of carbonyl (C=O) groups is 3. The molecule has 2 rings (SSSR count). The predicted octanol–water partition coefficient (Wildman–Crippen LogP) is 1.14. The van der Waals surface area contributed by atoms with Crippen molar-refractivity contribution in [3.05, 3.63) is 0 Å². The zero-order valence-electron chi connectivity index (χ0n) is 16.2. The second kappa shape index (κ2) is 7.62. The number of urea groups is 1. The van der Waals surface area contributed by atoms with Crippen molar-refractivity contribution in [3.8, 4) is 0 Å². The van der Waals surface area contributed by atoms with E-state index in [9.17, 15) is 14.4 Å². The summed E-state index contributed by atoms with van der Waals surface area (Å²) in [7, 11) is 0. The van der Waals surface area contributed by atoms with E-state index in [0.29, 0.717) is 45.7 Å². The molecule has 7 heteroatoms. The zero-order valence-corrected chi connectivity index (χ0v) is 16.2. The van der Waals surface area contributed by atoms with Crippen molar-refractivity contribution in [2.24, 2.45) is 11.3 Å². The number of nitrogens with zero attached hydrogens (tertiary/aromatic N) is 3. The van der Waals surface area contributed by atoms with Gasteiger partial charge in [-0.25, -0.2) is 4.79 Å². The van der Waals surface area contributed by atoms with Crippen LogP contribution in [0.15, 0.2) is 0 Å². The molecule has 7 nitrogen and oxygen atoms in total. The van der Waals surface area contributed by atoms with Gasteiger partial charge in [0.1, 0.15) is 0 Å². The molecule has 0 bridgehead atoms. The van der Waals surface area contributed by atoms with E-state index in [1.165, 1.54) is 0 Å². The van der Waals surface area contributed by atoms with Crippen molar-refractivity contribution in [1.82, 2.24) is 20.0 Å². The highest BCUT2D eigenvalue weighted by molar-refractivity contribution is 5.81. The van der Waals surface area contributed by atoms with Crippen LogP contribution in [0.1, 0.15) is 41.0 Å². The van der Waals surface area contributed by atoms with Gasteiger partial charge in [-0.1, -0.05) is 13.8 Å². The Labute approximate surface area is 150 Å². The van der Waals surface area contributed by atoms with Crippen molar-refractivity contribution >= 4 is 17.8 Å². The minimum absolute atomic E-state index is 0.0532.